The third-order valence-corrected chi connectivity index (χ3v) is 5.63. The van der Waals surface area contributed by atoms with E-state index in [9.17, 15) is 0 Å². The molecule has 0 saturated carbocycles. The lowest BCUT2D eigenvalue weighted by molar-refractivity contribution is -0.169. The van der Waals surface area contributed by atoms with Crippen molar-refractivity contribution in [2.24, 2.45) is 0 Å². The molecule has 0 radical (unpaired) electrons. The van der Waals surface area contributed by atoms with E-state index in [1.54, 1.807) is 0 Å². The molecule has 4 rings (SSSR count). The Balaban J connectivity index is 1.60. The fourth-order valence-corrected chi connectivity index (χ4v) is 3.86. The Morgan fingerprint density at radius 1 is 1.07 bits per heavy atom. The van der Waals surface area contributed by atoms with Gasteiger partial charge in [0.05, 0.1) is 18.9 Å². The zero-order chi connectivity index (χ0) is 19.4. The van der Waals surface area contributed by atoms with Gasteiger partial charge in [-0.2, -0.15) is 4.98 Å². The van der Waals surface area contributed by atoms with E-state index < -0.39 is 0 Å². The Labute approximate surface area is 167 Å². The monoisotopic (exact) mass is 382 g/mol. The van der Waals surface area contributed by atoms with Crippen LogP contribution in [0, 0.1) is 0 Å². The number of nitrogens with zero attached hydrogens (tertiary/aromatic N) is 4. The molecule has 28 heavy (non-hydrogen) atoms. The first-order valence-electron chi connectivity index (χ1n) is 10.4. The molecule has 6 heteroatoms. The summed E-state index contributed by atoms with van der Waals surface area (Å²) in [5.74, 6) is 1.40. The smallest absolute Gasteiger partial charge is 0.227 e. The molecule has 2 saturated heterocycles. The van der Waals surface area contributed by atoms with Gasteiger partial charge in [-0.25, -0.2) is 4.98 Å². The van der Waals surface area contributed by atoms with Crippen LogP contribution in [-0.2, 0) is 9.47 Å². The van der Waals surface area contributed by atoms with Gasteiger partial charge in [0.1, 0.15) is 5.82 Å². The van der Waals surface area contributed by atoms with E-state index in [1.165, 1.54) is 6.42 Å². The maximum atomic E-state index is 5.87. The Morgan fingerprint density at radius 2 is 1.79 bits per heavy atom. The summed E-state index contributed by atoms with van der Waals surface area (Å²) >= 11 is 0. The average Bonchev–Trinajstić information content (AvgIpc) is 3.20. The van der Waals surface area contributed by atoms with Crippen LogP contribution in [-0.4, -0.2) is 55.7 Å². The molecule has 0 unspecified atom stereocenters. The second kappa shape index (κ2) is 8.45. The Morgan fingerprint density at radius 3 is 2.46 bits per heavy atom. The number of piperidine rings is 1. The SMILES string of the molecule is CCCCN(C)c1cc(-c2ccccc2)nc(N2CCC3(CC2)OCCO3)n1. The van der Waals surface area contributed by atoms with Crippen LogP contribution in [0.4, 0.5) is 11.8 Å². The van der Waals surface area contributed by atoms with Crippen molar-refractivity contribution >= 4 is 11.8 Å². The summed E-state index contributed by atoms with van der Waals surface area (Å²) in [7, 11) is 2.11. The molecule has 150 valence electrons. The number of hydrogen-bond acceptors (Lipinski definition) is 6. The summed E-state index contributed by atoms with van der Waals surface area (Å²) in [4.78, 5) is 14.3. The van der Waals surface area contributed by atoms with Gasteiger partial charge in [0, 0.05) is 51.2 Å². The highest BCUT2D eigenvalue weighted by Gasteiger charge is 2.40. The van der Waals surface area contributed by atoms with E-state index in [1.807, 2.05) is 6.07 Å². The third-order valence-electron chi connectivity index (χ3n) is 5.63. The van der Waals surface area contributed by atoms with E-state index in [0.29, 0.717) is 13.2 Å². The number of ether oxygens (including phenoxy) is 2. The second-order valence-corrected chi connectivity index (χ2v) is 7.65. The van der Waals surface area contributed by atoms with Gasteiger partial charge in [0.15, 0.2) is 5.79 Å². The summed E-state index contributed by atoms with van der Waals surface area (Å²) in [5.41, 5.74) is 2.09. The highest BCUT2D eigenvalue weighted by molar-refractivity contribution is 5.65. The minimum absolute atomic E-state index is 0.381. The molecule has 2 aliphatic rings. The van der Waals surface area contributed by atoms with Crippen LogP contribution in [0.5, 0.6) is 0 Å². The van der Waals surface area contributed by atoms with Crippen molar-refractivity contribution in [1.82, 2.24) is 9.97 Å². The first-order chi connectivity index (χ1) is 13.7. The highest BCUT2D eigenvalue weighted by atomic mass is 16.7. The lowest BCUT2D eigenvalue weighted by Crippen LogP contribution is -2.45. The van der Waals surface area contributed by atoms with E-state index >= 15 is 0 Å². The number of unbranched alkanes of at least 4 members (excludes halogenated alkanes) is 1. The normalized spacial score (nSPS) is 18.6. The van der Waals surface area contributed by atoms with Crippen LogP contribution in [0.3, 0.4) is 0 Å². The lowest BCUT2D eigenvalue weighted by Gasteiger charge is -2.37. The van der Waals surface area contributed by atoms with E-state index in [4.69, 9.17) is 19.4 Å². The fourth-order valence-electron chi connectivity index (χ4n) is 3.86. The molecular formula is C22H30N4O2. The quantitative estimate of drug-likeness (QED) is 0.759. The summed E-state index contributed by atoms with van der Waals surface area (Å²) in [5, 5.41) is 0. The number of benzene rings is 1. The predicted octanol–water partition coefficient (Wildman–Crippen LogP) is 3.72. The molecule has 1 aromatic carbocycles. The number of hydrogen-bond donors (Lipinski definition) is 0. The zero-order valence-electron chi connectivity index (χ0n) is 16.9. The van der Waals surface area contributed by atoms with Gasteiger partial charge in [-0.15, -0.1) is 0 Å². The van der Waals surface area contributed by atoms with Crippen molar-refractivity contribution in [3.63, 3.8) is 0 Å². The minimum Gasteiger partial charge on any atom is -0.359 e. The standard InChI is InChI=1S/C22H30N4O2/c1-3-4-12-25(2)20-17-19(18-8-6-5-7-9-18)23-21(24-20)26-13-10-22(11-14-26)27-15-16-28-22/h5-9,17H,3-4,10-16H2,1-2H3. The highest BCUT2D eigenvalue weighted by Crippen LogP contribution is 2.33. The average molecular weight is 383 g/mol. The molecular weight excluding hydrogens is 352 g/mol. The van der Waals surface area contributed by atoms with E-state index in [-0.39, 0.29) is 5.79 Å². The van der Waals surface area contributed by atoms with Crippen LogP contribution >= 0.6 is 0 Å². The molecule has 0 amide bonds. The van der Waals surface area contributed by atoms with Crippen LogP contribution in [0.2, 0.25) is 0 Å². The topological polar surface area (TPSA) is 50.7 Å². The molecule has 1 spiro atoms. The van der Waals surface area contributed by atoms with Crippen LogP contribution in [0.1, 0.15) is 32.6 Å². The molecule has 2 aromatic rings. The first-order valence-corrected chi connectivity index (χ1v) is 10.4. The summed E-state index contributed by atoms with van der Waals surface area (Å²) in [6.07, 6.45) is 4.03. The summed E-state index contributed by atoms with van der Waals surface area (Å²) in [6, 6.07) is 12.4. The second-order valence-electron chi connectivity index (χ2n) is 7.65. The van der Waals surface area contributed by atoms with E-state index in [0.717, 1.165) is 61.9 Å². The maximum Gasteiger partial charge on any atom is 0.227 e. The minimum atomic E-state index is -0.381. The number of anilines is 2. The fraction of sp³-hybridized carbons (Fsp3) is 0.545. The van der Waals surface area contributed by atoms with Crippen molar-refractivity contribution in [2.75, 3.05) is 49.7 Å². The predicted molar refractivity (Wildman–Crippen MR) is 112 cm³/mol. The molecule has 2 aliphatic heterocycles. The zero-order valence-corrected chi connectivity index (χ0v) is 16.9. The Kier molecular flexibility index (Phi) is 5.78. The third kappa shape index (κ3) is 4.13. The molecule has 0 bridgehead atoms. The van der Waals surface area contributed by atoms with Gasteiger partial charge in [-0.05, 0) is 6.42 Å². The van der Waals surface area contributed by atoms with E-state index in [2.05, 4.69) is 54.1 Å². The van der Waals surface area contributed by atoms with Crippen LogP contribution < -0.4 is 9.80 Å². The number of rotatable bonds is 6. The lowest BCUT2D eigenvalue weighted by atomic mass is 10.0. The Hall–Kier alpha value is -2.18. The van der Waals surface area contributed by atoms with Crippen molar-refractivity contribution < 1.29 is 9.47 Å². The molecule has 0 N–H and O–H groups in total. The van der Waals surface area contributed by atoms with Crippen LogP contribution in [0.25, 0.3) is 11.3 Å². The van der Waals surface area contributed by atoms with Gasteiger partial charge >= 0.3 is 0 Å². The van der Waals surface area contributed by atoms with Gasteiger partial charge in [-0.3, -0.25) is 0 Å². The van der Waals surface area contributed by atoms with Crippen molar-refractivity contribution in [3.05, 3.63) is 36.4 Å². The summed E-state index contributed by atoms with van der Waals surface area (Å²) in [6.45, 7) is 6.29. The Bertz CT molecular complexity index is 767. The molecule has 2 fully saturated rings. The summed E-state index contributed by atoms with van der Waals surface area (Å²) < 4.78 is 11.7. The van der Waals surface area contributed by atoms with Crippen molar-refractivity contribution in [3.8, 4) is 11.3 Å². The molecule has 0 atom stereocenters. The van der Waals surface area contributed by atoms with Gasteiger partial charge < -0.3 is 19.3 Å². The maximum absolute atomic E-state index is 5.87. The molecule has 3 heterocycles. The van der Waals surface area contributed by atoms with Gasteiger partial charge in [0.2, 0.25) is 5.95 Å². The van der Waals surface area contributed by atoms with Crippen molar-refractivity contribution in [1.29, 1.82) is 0 Å². The van der Waals surface area contributed by atoms with Crippen molar-refractivity contribution in [2.45, 2.75) is 38.4 Å². The molecule has 0 aliphatic carbocycles. The molecule has 6 nitrogen and oxygen atoms in total. The van der Waals surface area contributed by atoms with Gasteiger partial charge in [0.25, 0.3) is 0 Å². The van der Waals surface area contributed by atoms with Gasteiger partial charge in [-0.1, -0.05) is 43.7 Å². The van der Waals surface area contributed by atoms with Crippen LogP contribution in [0.15, 0.2) is 36.4 Å². The number of aromatic nitrogens is 2. The molecule has 1 aromatic heterocycles. The largest absolute Gasteiger partial charge is 0.359 e. The first kappa shape index (κ1) is 19.2.